The van der Waals surface area contributed by atoms with Gasteiger partial charge in [-0.3, -0.25) is 9.69 Å². The third-order valence-corrected chi connectivity index (χ3v) is 3.57. The molecule has 0 unspecified atom stereocenters. The monoisotopic (exact) mass is 209 g/mol. The maximum atomic E-state index is 11.2. The highest BCUT2D eigenvalue weighted by molar-refractivity contribution is 5.79. The van der Waals surface area contributed by atoms with Crippen LogP contribution in [-0.4, -0.2) is 29.3 Å². The van der Waals surface area contributed by atoms with E-state index >= 15 is 0 Å². The Morgan fingerprint density at radius 2 is 1.67 bits per heavy atom. The topological polar surface area (TPSA) is 20.3 Å². The number of carbonyl (C=O) groups excluding carboxylic acids is 1. The van der Waals surface area contributed by atoms with Crippen LogP contribution in [0.25, 0.3) is 0 Å². The molecular formula is C13H23NO. The van der Waals surface area contributed by atoms with Crippen molar-refractivity contribution < 1.29 is 4.79 Å². The van der Waals surface area contributed by atoms with E-state index in [1.54, 1.807) is 0 Å². The van der Waals surface area contributed by atoms with Gasteiger partial charge in [-0.05, 0) is 31.6 Å². The molecule has 0 N–H and O–H groups in total. The van der Waals surface area contributed by atoms with Gasteiger partial charge in [0.2, 0.25) is 0 Å². The van der Waals surface area contributed by atoms with Gasteiger partial charge >= 0.3 is 0 Å². The van der Waals surface area contributed by atoms with Crippen molar-refractivity contribution in [2.45, 2.75) is 64.5 Å². The van der Waals surface area contributed by atoms with E-state index in [0.29, 0.717) is 11.8 Å². The van der Waals surface area contributed by atoms with Crippen molar-refractivity contribution in [3.05, 3.63) is 0 Å². The van der Waals surface area contributed by atoms with Crippen LogP contribution < -0.4 is 0 Å². The molecular weight excluding hydrogens is 186 g/mol. The lowest BCUT2D eigenvalue weighted by Crippen LogP contribution is -2.41. The minimum atomic E-state index is 0.478. The van der Waals surface area contributed by atoms with Crippen molar-refractivity contribution >= 4 is 5.78 Å². The van der Waals surface area contributed by atoms with Crippen LogP contribution in [0.2, 0.25) is 0 Å². The minimum Gasteiger partial charge on any atom is -0.300 e. The molecule has 2 rings (SSSR count). The Kier molecular flexibility index (Phi) is 3.45. The van der Waals surface area contributed by atoms with E-state index in [1.807, 2.05) is 0 Å². The molecule has 2 fully saturated rings. The third kappa shape index (κ3) is 3.04. The highest BCUT2D eigenvalue weighted by Crippen LogP contribution is 2.33. The van der Waals surface area contributed by atoms with E-state index < -0.39 is 0 Å². The van der Waals surface area contributed by atoms with E-state index in [-0.39, 0.29) is 0 Å². The van der Waals surface area contributed by atoms with Gasteiger partial charge in [0, 0.05) is 31.5 Å². The van der Waals surface area contributed by atoms with Crippen LogP contribution in [0.5, 0.6) is 0 Å². The summed E-state index contributed by atoms with van der Waals surface area (Å²) in [6, 6.07) is 1.56. The number of hydrogen-bond donors (Lipinski definition) is 0. The first-order valence-electron chi connectivity index (χ1n) is 6.44. The van der Waals surface area contributed by atoms with Gasteiger partial charge in [-0.1, -0.05) is 13.8 Å². The number of carbonyl (C=O) groups is 1. The van der Waals surface area contributed by atoms with Gasteiger partial charge in [-0.2, -0.15) is 0 Å². The smallest absolute Gasteiger partial charge is 0.133 e. The Labute approximate surface area is 93.0 Å². The van der Waals surface area contributed by atoms with Crippen molar-refractivity contribution in [3.63, 3.8) is 0 Å². The normalized spacial score (nSPS) is 24.1. The molecule has 0 heterocycles. The number of hydrogen-bond acceptors (Lipinski definition) is 2. The fourth-order valence-electron chi connectivity index (χ4n) is 2.68. The average Bonchev–Trinajstić information content (AvgIpc) is 2.99. The van der Waals surface area contributed by atoms with E-state index in [4.69, 9.17) is 0 Å². The van der Waals surface area contributed by atoms with Gasteiger partial charge in [0.15, 0.2) is 0 Å². The molecule has 2 nitrogen and oxygen atoms in total. The maximum Gasteiger partial charge on any atom is 0.133 e. The summed E-state index contributed by atoms with van der Waals surface area (Å²) in [7, 11) is 0. The van der Waals surface area contributed by atoms with Crippen LogP contribution in [0.15, 0.2) is 0 Å². The van der Waals surface area contributed by atoms with Crippen LogP contribution in [-0.2, 0) is 4.79 Å². The Morgan fingerprint density at radius 3 is 2.13 bits per heavy atom. The van der Waals surface area contributed by atoms with Gasteiger partial charge < -0.3 is 0 Å². The number of Topliss-reactive ketones (excluding diaryl/α,β-unsaturated/α-hetero) is 1. The molecule has 86 valence electrons. The molecule has 15 heavy (non-hydrogen) atoms. The summed E-state index contributed by atoms with van der Waals surface area (Å²) in [4.78, 5) is 13.9. The Morgan fingerprint density at radius 1 is 1.13 bits per heavy atom. The molecule has 0 aromatic carbocycles. The predicted molar refractivity (Wildman–Crippen MR) is 61.8 cm³/mol. The van der Waals surface area contributed by atoms with Gasteiger partial charge in [0.1, 0.15) is 5.78 Å². The lowest BCUT2D eigenvalue weighted by Gasteiger charge is -2.35. The second kappa shape index (κ2) is 4.65. The molecule has 2 aliphatic carbocycles. The standard InChI is InChI=1S/C13H23NO/c1-10(2)9-14(11-3-4-11)12-5-7-13(15)8-6-12/h10-12H,3-9H2,1-2H3. The van der Waals surface area contributed by atoms with Crippen molar-refractivity contribution in [3.8, 4) is 0 Å². The van der Waals surface area contributed by atoms with E-state index in [1.165, 1.54) is 19.4 Å². The summed E-state index contributed by atoms with van der Waals surface area (Å²) < 4.78 is 0. The van der Waals surface area contributed by atoms with Gasteiger partial charge in [-0.15, -0.1) is 0 Å². The lowest BCUT2D eigenvalue weighted by atomic mass is 9.92. The molecule has 0 amide bonds. The van der Waals surface area contributed by atoms with Crippen molar-refractivity contribution in [1.29, 1.82) is 0 Å². The highest BCUT2D eigenvalue weighted by Gasteiger charge is 2.35. The number of nitrogens with zero attached hydrogens (tertiary/aromatic N) is 1. The zero-order valence-corrected chi connectivity index (χ0v) is 10.0. The molecule has 0 atom stereocenters. The van der Waals surface area contributed by atoms with Gasteiger partial charge in [0.05, 0.1) is 0 Å². The second-order valence-corrected chi connectivity index (χ2v) is 5.59. The predicted octanol–water partition coefficient (Wildman–Crippen LogP) is 2.62. The molecule has 2 heteroatoms. The van der Waals surface area contributed by atoms with E-state index in [2.05, 4.69) is 18.7 Å². The van der Waals surface area contributed by atoms with Gasteiger partial charge in [0.25, 0.3) is 0 Å². The summed E-state index contributed by atoms with van der Waals surface area (Å²) in [5, 5.41) is 0. The van der Waals surface area contributed by atoms with E-state index in [9.17, 15) is 4.79 Å². The third-order valence-electron chi connectivity index (χ3n) is 3.57. The first-order valence-corrected chi connectivity index (χ1v) is 6.44. The summed E-state index contributed by atoms with van der Waals surface area (Å²) >= 11 is 0. The summed E-state index contributed by atoms with van der Waals surface area (Å²) in [6.07, 6.45) is 6.65. The van der Waals surface area contributed by atoms with Gasteiger partial charge in [-0.25, -0.2) is 0 Å². The fourth-order valence-corrected chi connectivity index (χ4v) is 2.68. The van der Waals surface area contributed by atoms with Crippen molar-refractivity contribution in [2.75, 3.05) is 6.54 Å². The van der Waals surface area contributed by atoms with E-state index in [0.717, 1.165) is 37.6 Å². The lowest BCUT2D eigenvalue weighted by molar-refractivity contribution is -0.121. The Balaban J connectivity index is 1.89. The minimum absolute atomic E-state index is 0.478. The van der Waals surface area contributed by atoms with Crippen LogP contribution in [0, 0.1) is 5.92 Å². The molecule has 2 aliphatic rings. The van der Waals surface area contributed by atoms with Crippen molar-refractivity contribution in [1.82, 2.24) is 4.90 Å². The molecule has 0 radical (unpaired) electrons. The van der Waals surface area contributed by atoms with Crippen LogP contribution >= 0.6 is 0 Å². The number of ketones is 1. The molecule has 0 saturated heterocycles. The maximum absolute atomic E-state index is 11.2. The fraction of sp³-hybridized carbons (Fsp3) is 0.923. The SMILES string of the molecule is CC(C)CN(C1CCC(=O)CC1)C1CC1. The first-order chi connectivity index (χ1) is 7.16. The molecule has 2 saturated carbocycles. The summed E-state index contributed by atoms with van der Waals surface area (Å²) in [5.74, 6) is 1.23. The molecule has 0 aromatic rings. The molecule has 0 aromatic heterocycles. The van der Waals surface area contributed by atoms with Crippen molar-refractivity contribution in [2.24, 2.45) is 5.92 Å². The molecule has 0 spiro atoms. The Bertz CT molecular complexity index is 223. The zero-order valence-electron chi connectivity index (χ0n) is 10.0. The first kappa shape index (κ1) is 11.1. The largest absolute Gasteiger partial charge is 0.300 e. The molecule has 0 aliphatic heterocycles. The van der Waals surface area contributed by atoms with Crippen LogP contribution in [0.4, 0.5) is 0 Å². The summed E-state index contributed by atoms with van der Waals surface area (Å²) in [6.45, 7) is 5.82. The Hall–Kier alpha value is -0.370. The average molecular weight is 209 g/mol. The number of rotatable bonds is 4. The highest BCUT2D eigenvalue weighted by atomic mass is 16.1. The second-order valence-electron chi connectivity index (χ2n) is 5.59. The zero-order chi connectivity index (χ0) is 10.8. The van der Waals surface area contributed by atoms with Crippen LogP contribution in [0.3, 0.4) is 0 Å². The quantitative estimate of drug-likeness (QED) is 0.709. The van der Waals surface area contributed by atoms with Crippen LogP contribution in [0.1, 0.15) is 52.4 Å². The summed E-state index contributed by atoms with van der Waals surface area (Å²) in [5.41, 5.74) is 0. The molecule has 0 bridgehead atoms.